The second-order valence-corrected chi connectivity index (χ2v) is 56.2. The van der Waals surface area contributed by atoms with E-state index in [0.717, 1.165) is 24.2 Å². The number of hydrogen-bond acceptors (Lipinski definition) is 4. The molecule has 5 aliphatic rings. The van der Waals surface area contributed by atoms with Gasteiger partial charge in [-0.3, -0.25) is 0 Å². The number of hydrogen-bond donors (Lipinski definition) is 0. The molecule has 8 heteroatoms. The van der Waals surface area contributed by atoms with Crippen LogP contribution in [0.2, 0.25) is 0 Å². The van der Waals surface area contributed by atoms with Gasteiger partial charge in [-0.15, -0.1) is 0 Å². The van der Waals surface area contributed by atoms with Gasteiger partial charge in [0.25, 0.3) is 0 Å². The molecule has 0 aromatic heterocycles. The molecule has 4 saturated carbocycles. The second kappa shape index (κ2) is 14.6. The Morgan fingerprint density at radius 3 is 0.656 bits per heavy atom. The van der Waals surface area contributed by atoms with Gasteiger partial charge in [0.15, 0.2) is 0 Å². The predicted molar refractivity (Wildman–Crippen MR) is 138 cm³/mol. The summed E-state index contributed by atoms with van der Waals surface area (Å²) in [5.74, 6) is 0. The molecule has 0 unspecified atom stereocenters. The van der Waals surface area contributed by atoms with Crippen LogP contribution in [0.4, 0.5) is 0 Å². The van der Waals surface area contributed by atoms with E-state index in [9.17, 15) is 0 Å². The Morgan fingerprint density at radius 2 is 0.469 bits per heavy atom. The summed E-state index contributed by atoms with van der Waals surface area (Å²) in [6.07, 6.45) is 31.3. The molecule has 4 nitrogen and oxygen atoms in total. The van der Waals surface area contributed by atoms with Gasteiger partial charge in [-0.05, 0) is 0 Å². The van der Waals surface area contributed by atoms with Crippen LogP contribution >= 0.6 is 0 Å². The van der Waals surface area contributed by atoms with Crippen molar-refractivity contribution in [2.24, 2.45) is 0 Å². The molecule has 0 N–H and O–H groups in total. The van der Waals surface area contributed by atoms with Crippen LogP contribution in [0.25, 0.3) is 0 Å². The summed E-state index contributed by atoms with van der Waals surface area (Å²) in [5.41, 5.74) is 0. The molecule has 4 aliphatic carbocycles. The summed E-state index contributed by atoms with van der Waals surface area (Å²) in [5, 5.41) is 0. The molecule has 5 rings (SSSR count). The van der Waals surface area contributed by atoms with Crippen LogP contribution in [0.15, 0.2) is 0 Å². The van der Waals surface area contributed by atoms with Gasteiger partial charge in [-0.1, -0.05) is 0 Å². The third kappa shape index (κ3) is 7.78. The zero-order valence-electron chi connectivity index (χ0n) is 20.2. The fourth-order valence-corrected chi connectivity index (χ4v) is 113. The summed E-state index contributed by atoms with van der Waals surface area (Å²) >= 11 is -3.19. The van der Waals surface area contributed by atoms with Gasteiger partial charge in [0, 0.05) is 0 Å². The zero-order valence-corrected chi connectivity index (χ0v) is 35.8. The van der Waals surface area contributed by atoms with Crippen LogP contribution in [0.1, 0.15) is 128 Å². The predicted octanol–water partition coefficient (Wildman–Crippen LogP) is 4.68. The van der Waals surface area contributed by atoms with Crippen molar-refractivity contribution >= 4 is 99.3 Å². The summed E-state index contributed by atoms with van der Waals surface area (Å²) in [6.45, 7) is 0. The van der Waals surface area contributed by atoms with Gasteiger partial charge in [-0.2, -0.15) is 0 Å². The van der Waals surface area contributed by atoms with E-state index in [4.69, 9.17) is 0 Å². The first kappa shape index (κ1) is 27.1. The third-order valence-corrected chi connectivity index (χ3v) is 54.0. The normalized spacial score (nSPS) is 31.5. The van der Waals surface area contributed by atoms with Gasteiger partial charge in [0.2, 0.25) is 0 Å². The Bertz CT molecular complexity index is 442. The van der Waals surface area contributed by atoms with E-state index in [2.05, 4.69) is 2.08 Å². The van der Waals surface area contributed by atoms with Crippen molar-refractivity contribution in [3.8, 4) is 0 Å². The van der Waals surface area contributed by atoms with Crippen LogP contribution in [0.3, 0.4) is 0 Å². The monoisotopic (exact) mass is 1220 g/mol. The van der Waals surface area contributed by atoms with Gasteiger partial charge >= 0.3 is 254 Å². The molecule has 0 atom stereocenters. The van der Waals surface area contributed by atoms with Crippen LogP contribution in [-0.2, 0) is 0 Å². The topological polar surface area (TPSA) is 13.0 Å². The van der Waals surface area contributed by atoms with Crippen molar-refractivity contribution in [3.05, 3.63) is 0 Å². The van der Waals surface area contributed by atoms with Crippen LogP contribution in [-0.4, -0.2) is 126 Å². The Balaban J connectivity index is 1.37. The maximum atomic E-state index is 3.46. The van der Waals surface area contributed by atoms with Crippen molar-refractivity contribution in [2.45, 2.75) is 153 Å². The minimum absolute atomic E-state index is 0.797. The molecule has 0 spiro atoms. The van der Waals surface area contributed by atoms with Crippen LogP contribution in [0, 0.1) is 0 Å². The van der Waals surface area contributed by atoms with Gasteiger partial charge < -0.3 is 0 Å². The molecule has 0 bridgehead atoms. The summed E-state index contributed by atoms with van der Waals surface area (Å²) in [4.78, 5) is 0. The molecule has 0 aromatic rings. The van der Waals surface area contributed by atoms with Gasteiger partial charge in [0.1, 0.15) is 0 Å². The third-order valence-electron chi connectivity index (χ3n) is 8.62. The van der Waals surface area contributed by atoms with Crippen LogP contribution < -0.4 is 0 Å². The van der Waals surface area contributed by atoms with Crippen LogP contribution in [0.5, 0.6) is 0 Å². The van der Waals surface area contributed by atoms with E-state index in [0.29, 0.717) is 0 Å². The fraction of sp³-hybridized carbons (Fsp3) is 1.00. The number of rotatable bonds is 4. The molecule has 176 valence electrons. The second-order valence-electron chi connectivity index (χ2n) is 11.0. The Kier molecular flexibility index (Phi) is 12.4. The molecule has 8 radical (unpaired) electrons. The van der Waals surface area contributed by atoms with E-state index in [1.54, 1.807) is 103 Å². The fourth-order valence-electron chi connectivity index (χ4n) is 6.56. The quantitative estimate of drug-likeness (QED) is 0.380. The molecular weight excluding hydrogens is 1170 g/mol. The van der Waals surface area contributed by atoms with Crippen molar-refractivity contribution < 1.29 is 0 Å². The van der Waals surface area contributed by atoms with E-state index in [1.165, 1.54) is 25.7 Å². The summed E-state index contributed by atoms with van der Waals surface area (Å²) < 4.78 is 13.8. The Labute approximate surface area is 250 Å². The maximum absolute atomic E-state index is 3.46. The van der Waals surface area contributed by atoms with E-state index < -0.39 is 99.3 Å². The van der Waals surface area contributed by atoms with E-state index in [-0.39, 0.29) is 0 Å². The average Bonchev–Trinajstić information content (AvgIpc) is 2.86. The van der Waals surface area contributed by atoms with Gasteiger partial charge in [0.05, 0.1) is 0 Å². The SMILES string of the molecule is C1CCC([N]2[Pb][N](C3CCCCC3)[Pb][N](C3CCCCC3)[Pb][N](C3CCCCC3)[Pb]2)CC1. The molecular formula is C24H44N4Pb4. The van der Waals surface area contributed by atoms with E-state index >= 15 is 0 Å². The first-order valence-electron chi connectivity index (χ1n) is 14.1. The standard InChI is InChI=1S/4C6H11N.4Pb/c4*7-6-4-2-1-3-5-6;;;;/h4*6H,1-5H2;;;;. The Morgan fingerprint density at radius 1 is 0.281 bits per heavy atom. The number of nitrogens with zero attached hydrogens (tertiary/aromatic N) is 4. The first-order chi connectivity index (χ1) is 15.9. The zero-order chi connectivity index (χ0) is 21.6. The molecule has 5 fully saturated rings. The van der Waals surface area contributed by atoms with Gasteiger partial charge in [-0.25, -0.2) is 0 Å². The van der Waals surface area contributed by atoms with E-state index in [1.807, 2.05) is 0 Å². The van der Waals surface area contributed by atoms with Crippen molar-refractivity contribution in [1.82, 2.24) is 2.08 Å². The molecule has 1 saturated heterocycles. The molecule has 1 aliphatic heterocycles. The first-order valence-corrected chi connectivity index (χ1v) is 28.0. The molecule has 1 heterocycles. The summed E-state index contributed by atoms with van der Waals surface area (Å²) in [7, 11) is 0. The molecule has 0 aromatic carbocycles. The summed E-state index contributed by atoms with van der Waals surface area (Å²) in [6, 6.07) is 4.28. The molecule has 32 heavy (non-hydrogen) atoms. The van der Waals surface area contributed by atoms with Crippen molar-refractivity contribution in [2.75, 3.05) is 0 Å². The van der Waals surface area contributed by atoms with Crippen molar-refractivity contribution in [1.29, 1.82) is 0 Å². The molecule has 0 amide bonds. The Hall–Kier alpha value is 3.53. The minimum atomic E-state index is -0.797. The average molecular weight is 1220 g/mol. The van der Waals surface area contributed by atoms with Crippen molar-refractivity contribution in [3.63, 3.8) is 0 Å².